The van der Waals surface area contributed by atoms with E-state index >= 15 is 0 Å². The molecule has 1 N–H and O–H groups in total. The third-order valence-electron chi connectivity index (χ3n) is 4.50. The maximum Gasteiger partial charge on any atom is 0.417 e. The van der Waals surface area contributed by atoms with Crippen LogP contribution >= 0.6 is 0 Å². The van der Waals surface area contributed by atoms with Gasteiger partial charge in [-0.05, 0) is 19.4 Å². The van der Waals surface area contributed by atoms with E-state index in [9.17, 15) is 26.7 Å². The minimum atomic E-state index is -4.69. The molecule has 3 rings (SSSR count). The molecule has 1 saturated heterocycles. The van der Waals surface area contributed by atoms with Gasteiger partial charge in [-0.2, -0.15) is 13.2 Å². The van der Waals surface area contributed by atoms with Crippen molar-refractivity contribution in [2.45, 2.75) is 38.3 Å². The minimum absolute atomic E-state index is 0.0357. The molecule has 0 aromatic carbocycles. The second kappa shape index (κ2) is 6.94. The van der Waals surface area contributed by atoms with Crippen molar-refractivity contribution in [1.29, 1.82) is 0 Å². The highest BCUT2D eigenvalue weighted by Gasteiger charge is 2.38. The standard InChI is InChI=1S/C18H18F5N3O/c1-11-9-12(27)10-14(25-11)15-13(18(21,22)23)3-6-24-16(15)26-7-2-4-17(19,20)5-8-26/h3,6,9-10H,2,4-5,7-8H2,1H3,(H,25,27). The molecule has 4 nitrogen and oxygen atoms in total. The van der Waals surface area contributed by atoms with Crippen LogP contribution in [0.15, 0.2) is 29.2 Å². The van der Waals surface area contributed by atoms with Crippen molar-refractivity contribution >= 4 is 5.82 Å². The molecule has 1 fully saturated rings. The summed E-state index contributed by atoms with van der Waals surface area (Å²) in [6.07, 6.45) is -4.33. The second-order valence-corrected chi connectivity index (χ2v) is 6.66. The molecule has 2 aromatic rings. The van der Waals surface area contributed by atoms with Crippen molar-refractivity contribution in [2.75, 3.05) is 18.0 Å². The molecule has 9 heteroatoms. The molecule has 3 heterocycles. The van der Waals surface area contributed by atoms with Gasteiger partial charge in [0.05, 0.1) is 16.8 Å². The monoisotopic (exact) mass is 387 g/mol. The molecule has 0 radical (unpaired) electrons. The average molecular weight is 387 g/mol. The van der Waals surface area contributed by atoms with Crippen LogP contribution in [-0.2, 0) is 6.18 Å². The van der Waals surface area contributed by atoms with Crippen LogP contribution in [0.2, 0.25) is 0 Å². The van der Waals surface area contributed by atoms with Crippen molar-refractivity contribution in [1.82, 2.24) is 9.97 Å². The lowest BCUT2D eigenvalue weighted by molar-refractivity contribution is -0.137. The van der Waals surface area contributed by atoms with E-state index < -0.39 is 29.5 Å². The fourth-order valence-electron chi connectivity index (χ4n) is 3.28. The number of rotatable bonds is 2. The van der Waals surface area contributed by atoms with Crippen LogP contribution in [0, 0.1) is 6.92 Å². The first-order valence-corrected chi connectivity index (χ1v) is 8.47. The zero-order valence-electron chi connectivity index (χ0n) is 14.5. The van der Waals surface area contributed by atoms with Gasteiger partial charge in [-0.1, -0.05) is 0 Å². The van der Waals surface area contributed by atoms with Gasteiger partial charge in [-0.15, -0.1) is 0 Å². The number of halogens is 5. The molecular weight excluding hydrogens is 369 g/mol. The molecule has 0 bridgehead atoms. The Hall–Kier alpha value is -2.45. The van der Waals surface area contributed by atoms with Crippen molar-refractivity contribution in [3.8, 4) is 11.3 Å². The molecule has 2 aromatic heterocycles. The average Bonchev–Trinajstić information content (AvgIpc) is 2.73. The van der Waals surface area contributed by atoms with Crippen LogP contribution in [0.25, 0.3) is 11.3 Å². The van der Waals surface area contributed by atoms with Crippen LogP contribution < -0.4 is 10.3 Å². The second-order valence-electron chi connectivity index (χ2n) is 6.66. The number of anilines is 1. The molecule has 146 valence electrons. The van der Waals surface area contributed by atoms with Crippen LogP contribution in [0.3, 0.4) is 0 Å². The molecule has 27 heavy (non-hydrogen) atoms. The minimum Gasteiger partial charge on any atom is -0.358 e. The van der Waals surface area contributed by atoms with Crippen LogP contribution in [0.1, 0.15) is 30.5 Å². The highest BCUT2D eigenvalue weighted by atomic mass is 19.4. The van der Waals surface area contributed by atoms with Gasteiger partial charge in [0, 0.05) is 50.0 Å². The van der Waals surface area contributed by atoms with Crippen molar-refractivity contribution in [3.63, 3.8) is 0 Å². The van der Waals surface area contributed by atoms with E-state index in [-0.39, 0.29) is 43.0 Å². The Morgan fingerprint density at radius 2 is 1.93 bits per heavy atom. The summed E-state index contributed by atoms with van der Waals surface area (Å²) in [6.45, 7) is 1.60. The number of hydrogen-bond acceptors (Lipinski definition) is 3. The highest BCUT2D eigenvalue weighted by Crippen LogP contribution is 2.41. The number of alkyl halides is 5. The molecule has 1 aliphatic rings. The number of nitrogens with one attached hydrogen (secondary N) is 1. The molecule has 0 amide bonds. The molecular formula is C18H18F5N3O. The number of hydrogen-bond donors (Lipinski definition) is 1. The molecule has 0 aliphatic carbocycles. The van der Waals surface area contributed by atoms with Gasteiger partial charge in [0.25, 0.3) is 0 Å². The fourth-order valence-corrected chi connectivity index (χ4v) is 3.28. The summed E-state index contributed by atoms with van der Waals surface area (Å²) in [7, 11) is 0. The fraction of sp³-hybridized carbons (Fsp3) is 0.444. The zero-order chi connectivity index (χ0) is 19.8. The van der Waals surface area contributed by atoms with E-state index in [4.69, 9.17) is 0 Å². The number of H-pyrrole nitrogens is 1. The maximum absolute atomic E-state index is 13.7. The summed E-state index contributed by atoms with van der Waals surface area (Å²) >= 11 is 0. The Morgan fingerprint density at radius 1 is 1.19 bits per heavy atom. The first-order valence-electron chi connectivity index (χ1n) is 8.47. The van der Waals surface area contributed by atoms with Gasteiger partial charge in [0.2, 0.25) is 5.92 Å². The van der Waals surface area contributed by atoms with Crippen molar-refractivity contribution < 1.29 is 22.0 Å². The quantitative estimate of drug-likeness (QED) is 0.778. The smallest absolute Gasteiger partial charge is 0.358 e. The van der Waals surface area contributed by atoms with Gasteiger partial charge >= 0.3 is 6.18 Å². The first-order chi connectivity index (χ1) is 12.6. The Bertz CT molecular complexity index is 891. The predicted molar refractivity (Wildman–Crippen MR) is 91.0 cm³/mol. The van der Waals surface area contributed by atoms with E-state index in [2.05, 4.69) is 9.97 Å². The summed E-state index contributed by atoms with van der Waals surface area (Å²) in [6, 6.07) is 3.15. The highest BCUT2D eigenvalue weighted by molar-refractivity contribution is 5.77. The van der Waals surface area contributed by atoms with Gasteiger partial charge < -0.3 is 9.88 Å². The number of aromatic amines is 1. The lowest BCUT2D eigenvalue weighted by atomic mass is 10.0. The van der Waals surface area contributed by atoms with Crippen LogP contribution in [0.5, 0.6) is 0 Å². The van der Waals surface area contributed by atoms with Gasteiger partial charge in [-0.3, -0.25) is 4.79 Å². The lowest BCUT2D eigenvalue weighted by Crippen LogP contribution is -2.28. The summed E-state index contributed by atoms with van der Waals surface area (Å²) < 4.78 is 68.2. The number of aryl methyl sites for hydroxylation is 1. The van der Waals surface area contributed by atoms with E-state index in [1.807, 2.05) is 0 Å². The predicted octanol–water partition coefficient (Wildman–Crippen LogP) is 4.39. The van der Waals surface area contributed by atoms with Crippen molar-refractivity contribution in [2.24, 2.45) is 0 Å². The largest absolute Gasteiger partial charge is 0.417 e. The maximum atomic E-state index is 13.7. The first kappa shape index (κ1) is 19.3. The van der Waals surface area contributed by atoms with E-state index in [0.717, 1.165) is 18.3 Å². The Kier molecular flexibility index (Phi) is 4.96. The molecule has 0 unspecified atom stereocenters. The summed E-state index contributed by atoms with van der Waals surface area (Å²) in [5.74, 6) is -2.91. The van der Waals surface area contributed by atoms with Gasteiger partial charge in [-0.25, -0.2) is 13.8 Å². The van der Waals surface area contributed by atoms with Crippen LogP contribution in [-0.4, -0.2) is 29.0 Å². The number of nitrogens with zero attached hydrogens (tertiary/aromatic N) is 2. The van der Waals surface area contributed by atoms with Crippen LogP contribution in [0.4, 0.5) is 27.8 Å². The third kappa shape index (κ3) is 4.28. The summed E-state index contributed by atoms with van der Waals surface area (Å²) in [4.78, 5) is 20.1. The van der Waals surface area contributed by atoms with Crippen molar-refractivity contribution in [3.05, 3.63) is 45.9 Å². The molecule has 0 spiro atoms. The molecule has 1 aliphatic heterocycles. The molecule has 0 atom stereocenters. The van der Waals surface area contributed by atoms with Gasteiger partial charge in [0.15, 0.2) is 5.43 Å². The summed E-state index contributed by atoms with van der Waals surface area (Å²) in [5, 5.41) is 0. The van der Waals surface area contributed by atoms with E-state index in [0.29, 0.717) is 5.69 Å². The molecule has 0 saturated carbocycles. The topological polar surface area (TPSA) is 49.0 Å². The lowest BCUT2D eigenvalue weighted by Gasteiger charge is -2.26. The van der Waals surface area contributed by atoms with E-state index in [1.165, 1.54) is 11.0 Å². The Morgan fingerprint density at radius 3 is 2.59 bits per heavy atom. The normalized spacial score (nSPS) is 17.6. The zero-order valence-corrected chi connectivity index (χ0v) is 14.5. The summed E-state index contributed by atoms with van der Waals surface area (Å²) in [5.41, 5.74) is -1.36. The Labute approximate surface area is 152 Å². The number of pyridine rings is 2. The Balaban J connectivity index is 2.18. The number of aromatic nitrogens is 2. The van der Waals surface area contributed by atoms with E-state index in [1.54, 1.807) is 6.92 Å². The SMILES string of the molecule is Cc1cc(=O)cc(-c2c(C(F)(F)F)ccnc2N2CCCC(F)(F)CC2)[nH]1. The third-order valence-corrected chi connectivity index (χ3v) is 4.50. The van der Waals surface area contributed by atoms with Gasteiger partial charge in [0.1, 0.15) is 5.82 Å².